The Morgan fingerprint density at radius 1 is 1.35 bits per heavy atom. The van der Waals surface area contributed by atoms with E-state index in [0.29, 0.717) is 38.3 Å². The van der Waals surface area contributed by atoms with Crippen molar-refractivity contribution in [2.75, 3.05) is 39.3 Å². The zero-order chi connectivity index (χ0) is 14.8. The molecule has 6 nitrogen and oxygen atoms in total. The van der Waals surface area contributed by atoms with E-state index in [9.17, 15) is 8.42 Å². The zero-order valence-electron chi connectivity index (χ0n) is 11.3. The third kappa shape index (κ3) is 3.12. The summed E-state index contributed by atoms with van der Waals surface area (Å²) in [6, 6.07) is 1.64. The van der Waals surface area contributed by atoms with Gasteiger partial charge >= 0.3 is 0 Å². The maximum atomic E-state index is 12.6. The highest BCUT2D eigenvalue weighted by atomic mass is 35.5. The van der Waals surface area contributed by atoms with Gasteiger partial charge in [-0.05, 0) is 18.6 Å². The van der Waals surface area contributed by atoms with Gasteiger partial charge in [0, 0.05) is 38.9 Å². The summed E-state index contributed by atoms with van der Waals surface area (Å²) in [7, 11) is -3.61. The SMILES string of the molecule is Cc1ccnc(Cl)c1S(=O)(=O)N1CCN(CCO)CC1. The number of pyridine rings is 1. The molecule has 0 saturated carbocycles. The molecule has 0 unspecified atom stereocenters. The maximum Gasteiger partial charge on any atom is 0.246 e. The first kappa shape index (κ1) is 15.7. The lowest BCUT2D eigenvalue weighted by atomic mass is 10.3. The van der Waals surface area contributed by atoms with Crippen LogP contribution in [0.5, 0.6) is 0 Å². The Morgan fingerprint density at radius 2 is 2.00 bits per heavy atom. The minimum atomic E-state index is -3.61. The van der Waals surface area contributed by atoms with E-state index in [2.05, 4.69) is 4.98 Å². The monoisotopic (exact) mass is 319 g/mol. The fourth-order valence-corrected chi connectivity index (χ4v) is 4.43. The number of halogens is 1. The van der Waals surface area contributed by atoms with Gasteiger partial charge in [-0.1, -0.05) is 11.6 Å². The zero-order valence-corrected chi connectivity index (χ0v) is 12.9. The highest BCUT2D eigenvalue weighted by Gasteiger charge is 2.31. The van der Waals surface area contributed by atoms with Gasteiger partial charge in [0.2, 0.25) is 10.0 Å². The number of aryl methyl sites for hydroxylation is 1. The molecule has 0 spiro atoms. The summed E-state index contributed by atoms with van der Waals surface area (Å²) < 4.78 is 26.7. The summed E-state index contributed by atoms with van der Waals surface area (Å²) in [5, 5.41) is 8.91. The van der Waals surface area contributed by atoms with Crippen molar-refractivity contribution in [1.29, 1.82) is 0 Å². The lowest BCUT2D eigenvalue weighted by Gasteiger charge is -2.33. The van der Waals surface area contributed by atoms with E-state index in [4.69, 9.17) is 16.7 Å². The second-order valence-corrected chi connectivity index (χ2v) is 6.95. The molecular weight excluding hydrogens is 302 g/mol. The lowest BCUT2D eigenvalue weighted by molar-refractivity contribution is 0.151. The summed E-state index contributed by atoms with van der Waals surface area (Å²) in [5.74, 6) is 0. The van der Waals surface area contributed by atoms with Crippen LogP contribution in [-0.2, 0) is 10.0 Å². The fraction of sp³-hybridized carbons (Fsp3) is 0.583. The van der Waals surface area contributed by atoms with Crippen LogP contribution in [0, 0.1) is 6.92 Å². The molecule has 0 atom stereocenters. The van der Waals surface area contributed by atoms with Gasteiger partial charge in [0.05, 0.1) is 6.61 Å². The van der Waals surface area contributed by atoms with E-state index in [1.807, 2.05) is 4.90 Å². The van der Waals surface area contributed by atoms with Gasteiger partial charge in [0.25, 0.3) is 0 Å². The number of aliphatic hydroxyl groups excluding tert-OH is 1. The highest BCUT2D eigenvalue weighted by Crippen LogP contribution is 2.26. The van der Waals surface area contributed by atoms with Gasteiger partial charge in [0.15, 0.2) is 0 Å². The largest absolute Gasteiger partial charge is 0.395 e. The quantitative estimate of drug-likeness (QED) is 0.810. The molecule has 2 heterocycles. The van der Waals surface area contributed by atoms with Crippen molar-refractivity contribution in [3.63, 3.8) is 0 Å². The van der Waals surface area contributed by atoms with Crippen LogP contribution in [0.25, 0.3) is 0 Å². The number of β-amino-alcohol motifs (C(OH)–C–C–N with tert-alkyl or cyclic N) is 1. The van der Waals surface area contributed by atoms with Gasteiger partial charge in [-0.25, -0.2) is 13.4 Å². The molecule has 0 radical (unpaired) electrons. The van der Waals surface area contributed by atoms with Crippen molar-refractivity contribution in [3.05, 3.63) is 23.0 Å². The van der Waals surface area contributed by atoms with Gasteiger partial charge in [-0.15, -0.1) is 0 Å². The average Bonchev–Trinajstić information content (AvgIpc) is 2.39. The standard InChI is InChI=1S/C12H18ClN3O3S/c1-10-2-3-14-12(13)11(10)20(18,19)16-6-4-15(5-7-16)8-9-17/h2-3,17H,4-9H2,1H3. The first-order valence-electron chi connectivity index (χ1n) is 6.41. The Labute approximate surface area is 124 Å². The van der Waals surface area contributed by atoms with Gasteiger partial charge < -0.3 is 5.11 Å². The Kier molecular flexibility index (Phi) is 4.98. The van der Waals surface area contributed by atoms with E-state index in [0.717, 1.165) is 0 Å². The highest BCUT2D eigenvalue weighted by molar-refractivity contribution is 7.89. The van der Waals surface area contributed by atoms with Crippen molar-refractivity contribution >= 4 is 21.6 Å². The normalized spacial score (nSPS) is 18.4. The number of hydrogen-bond acceptors (Lipinski definition) is 5. The molecule has 112 valence electrons. The Hall–Kier alpha value is -0.730. The number of aliphatic hydroxyl groups is 1. The smallest absolute Gasteiger partial charge is 0.246 e. The van der Waals surface area contributed by atoms with E-state index in [-0.39, 0.29) is 16.7 Å². The van der Waals surface area contributed by atoms with Crippen LogP contribution in [0.1, 0.15) is 5.56 Å². The molecule has 1 saturated heterocycles. The van der Waals surface area contributed by atoms with E-state index >= 15 is 0 Å². The third-order valence-electron chi connectivity index (χ3n) is 3.40. The molecule has 1 aromatic heterocycles. The number of sulfonamides is 1. The molecule has 1 N–H and O–H groups in total. The topological polar surface area (TPSA) is 73.7 Å². The van der Waals surface area contributed by atoms with Crippen LogP contribution in [0.4, 0.5) is 0 Å². The molecule has 1 aromatic rings. The van der Waals surface area contributed by atoms with Crippen molar-refractivity contribution in [3.8, 4) is 0 Å². The molecule has 8 heteroatoms. The van der Waals surface area contributed by atoms with E-state index in [1.165, 1.54) is 10.5 Å². The molecular formula is C12H18ClN3O3S. The summed E-state index contributed by atoms with van der Waals surface area (Å²) >= 11 is 5.95. The van der Waals surface area contributed by atoms with Crippen molar-refractivity contribution < 1.29 is 13.5 Å². The first-order chi connectivity index (χ1) is 9.46. The molecule has 0 aromatic carbocycles. The Morgan fingerprint density at radius 3 is 2.55 bits per heavy atom. The number of rotatable bonds is 4. The van der Waals surface area contributed by atoms with Gasteiger partial charge in [0.1, 0.15) is 10.0 Å². The second kappa shape index (κ2) is 6.36. The minimum Gasteiger partial charge on any atom is -0.395 e. The van der Waals surface area contributed by atoms with Crippen molar-refractivity contribution in [2.24, 2.45) is 0 Å². The van der Waals surface area contributed by atoms with Gasteiger partial charge in [-0.2, -0.15) is 4.31 Å². The predicted molar refractivity (Wildman–Crippen MR) is 76.3 cm³/mol. The molecule has 20 heavy (non-hydrogen) atoms. The van der Waals surface area contributed by atoms with Crippen LogP contribution < -0.4 is 0 Å². The minimum absolute atomic E-state index is 0.0165. The average molecular weight is 320 g/mol. The van der Waals surface area contributed by atoms with Crippen molar-refractivity contribution in [2.45, 2.75) is 11.8 Å². The predicted octanol–water partition coefficient (Wildman–Crippen LogP) is 0.342. The molecule has 0 amide bonds. The number of hydrogen-bond donors (Lipinski definition) is 1. The number of nitrogens with zero attached hydrogens (tertiary/aromatic N) is 3. The molecule has 1 aliphatic rings. The summed E-state index contributed by atoms with van der Waals surface area (Å²) in [6.45, 7) is 4.37. The van der Waals surface area contributed by atoms with E-state index < -0.39 is 10.0 Å². The number of aromatic nitrogens is 1. The summed E-state index contributed by atoms with van der Waals surface area (Å²) in [4.78, 5) is 5.99. The maximum absolute atomic E-state index is 12.6. The first-order valence-corrected chi connectivity index (χ1v) is 8.23. The van der Waals surface area contributed by atoms with Crippen molar-refractivity contribution in [1.82, 2.24) is 14.2 Å². The number of piperazine rings is 1. The fourth-order valence-electron chi connectivity index (χ4n) is 2.29. The molecule has 2 rings (SSSR count). The summed E-state index contributed by atoms with van der Waals surface area (Å²) in [6.07, 6.45) is 1.50. The van der Waals surface area contributed by atoms with Crippen LogP contribution in [0.3, 0.4) is 0 Å². The Balaban J connectivity index is 2.20. The molecule has 0 aliphatic carbocycles. The van der Waals surface area contributed by atoms with E-state index in [1.54, 1.807) is 13.0 Å². The molecule has 1 aliphatic heterocycles. The molecule has 1 fully saturated rings. The summed E-state index contributed by atoms with van der Waals surface area (Å²) in [5.41, 5.74) is 0.600. The van der Waals surface area contributed by atoms with Crippen LogP contribution in [0.15, 0.2) is 17.2 Å². The van der Waals surface area contributed by atoms with Crippen LogP contribution >= 0.6 is 11.6 Å². The van der Waals surface area contributed by atoms with Crippen LogP contribution in [-0.4, -0.2) is 67.0 Å². The lowest BCUT2D eigenvalue weighted by Crippen LogP contribution is -2.49. The molecule has 0 bridgehead atoms. The Bertz CT molecular complexity index is 551. The van der Waals surface area contributed by atoms with Gasteiger partial charge in [-0.3, -0.25) is 4.90 Å². The second-order valence-electron chi connectivity index (χ2n) is 4.72. The van der Waals surface area contributed by atoms with Crippen LogP contribution in [0.2, 0.25) is 5.15 Å². The third-order valence-corrected chi connectivity index (χ3v) is 5.88.